The highest BCUT2D eigenvalue weighted by Crippen LogP contribution is 2.30. The summed E-state index contributed by atoms with van der Waals surface area (Å²) in [5.74, 6) is 1.59. The van der Waals surface area contributed by atoms with Crippen LogP contribution in [0.4, 0.5) is 0 Å². The van der Waals surface area contributed by atoms with E-state index in [1.807, 2.05) is 25.1 Å². The summed E-state index contributed by atoms with van der Waals surface area (Å²) in [6.45, 7) is 6.38. The lowest BCUT2D eigenvalue weighted by atomic mass is 10.1. The lowest BCUT2D eigenvalue weighted by Gasteiger charge is -2.27. The van der Waals surface area contributed by atoms with Crippen LogP contribution in [0.15, 0.2) is 24.3 Å². The van der Waals surface area contributed by atoms with E-state index in [0.717, 1.165) is 0 Å². The van der Waals surface area contributed by atoms with Gasteiger partial charge in [0.1, 0.15) is 6.61 Å². The zero-order valence-electron chi connectivity index (χ0n) is 11.0. The van der Waals surface area contributed by atoms with Crippen molar-refractivity contribution in [2.45, 2.75) is 32.9 Å². The van der Waals surface area contributed by atoms with E-state index in [-0.39, 0.29) is 18.6 Å². The van der Waals surface area contributed by atoms with Gasteiger partial charge < -0.3 is 14.8 Å². The molecule has 0 spiro atoms. The fourth-order valence-corrected chi connectivity index (χ4v) is 1.63. The molecule has 4 nitrogen and oxygen atoms in total. The molecule has 4 heteroatoms. The second-order valence-corrected chi connectivity index (χ2v) is 4.91. The van der Waals surface area contributed by atoms with Gasteiger partial charge in [-0.15, -0.1) is 0 Å². The van der Waals surface area contributed by atoms with Gasteiger partial charge in [-0.1, -0.05) is 26.0 Å². The molecule has 1 amide bonds. The molecule has 1 aromatic rings. The van der Waals surface area contributed by atoms with E-state index in [1.54, 1.807) is 6.07 Å². The van der Waals surface area contributed by atoms with Crippen LogP contribution in [-0.4, -0.2) is 24.7 Å². The molecule has 2 rings (SSSR count). The van der Waals surface area contributed by atoms with E-state index in [9.17, 15) is 4.79 Å². The molecule has 2 atom stereocenters. The largest absolute Gasteiger partial charge is 0.485 e. The molecule has 18 heavy (non-hydrogen) atoms. The van der Waals surface area contributed by atoms with E-state index in [1.165, 1.54) is 0 Å². The van der Waals surface area contributed by atoms with Gasteiger partial charge in [0, 0.05) is 6.04 Å². The summed E-state index contributed by atoms with van der Waals surface area (Å²) in [6, 6.07) is 7.50. The maximum atomic E-state index is 12.0. The van der Waals surface area contributed by atoms with Gasteiger partial charge in [0.05, 0.1) is 0 Å². The van der Waals surface area contributed by atoms with Crippen molar-refractivity contribution >= 4 is 5.91 Å². The Morgan fingerprint density at radius 2 is 1.94 bits per heavy atom. The van der Waals surface area contributed by atoms with Crippen LogP contribution in [0, 0.1) is 5.92 Å². The number of ether oxygens (including phenoxy) is 2. The van der Waals surface area contributed by atoms with Gasteiger partial charge in [0.25, 0.3) is 5.91 Å². The second kappa shape index (κ2) is 5.29. The molecule has 1 aliphatic heterocycles. The van der Waals surface area contributed by atoms with Crippen LogP contribution < -0.4 is 14.8 Å². The molecule has 1 heterocycles. The summed E-state index contributed by atoms with van der Waals surface area (Å²) in [7, 11) is 0. The number of rotatable bonds is 3. The highest BCUT2D eigenvalue weighted by Gasteiger charge is 2.28. The van der Waals surface area contributed by atoms with Crippen LogP contribution in [-0.2, 0) is 4.79 Å². The summed E-state index contributed by atoms with van der Waals surface area (Å²) in [4.78, 5) is 12.0. The summed E-state index contributed by atoms with van der Waals surface area (Å²) in [5.41, 5.74) is 0. The Kier molecular flexibility index (Phi) is 3.75. The Labute approximate surface area is 107 Å². The molecule has 0 radical (unpaired) electrons. The van der Waals surface area contributed by atoms with Crippen LogP contribution in [0.5, 0.6) is 11.5 Å². The number of amides is 1. The number of carbonyl (C=O) groups is 1. The van der Waals surface area contributed by atoms with E-state index < -0.39 is 6.10 Å². The minimum absolute atomic E-state index is 0.120. The van der Waals surface area contributed by atoms with Gasteiger partial charge in [-0.05, 0) is 25.0 Å². The predicted molar refractivity (Wildman–Crippen MR) is 68.8 cm³/mol. The van der Waals surface area contributed by atoms with E-state index in [2.05, 4.69) is 19.2 Å². The van der Waals surface area contributed by atoms with Crippen LogP contribution >= 0.6 is 0 Å². The third-order valence-corrected chi connectivity index (χ3v) is 3.17. The second-order valence-electron chi connectivity index (χ2n) is 4.91. The van der Waals surface area contributed by atoms with Gasteiger partial charge in [-0.3, -0.25) is 4.79 Å². The number of fused-ring (bicyclic) bond motifs is 1. The molecule has 0 fully saturated rings. The van der Waals surface area contributed by atoms with Crippen LogP contribution in [0.1, 0.15) is 20.8 Å². The Balaban J connectivity index is 1.98. The normalized spacial score (nSPS) is 19.4. The van der Waals surface area contributed by atoms with Crippen LogP contribution in [0.2, 0.25) is 0 Å². The molecule has 1 N–H and O–H groups in total. The maximum absolute atomic E-state index is 12.0. The number of carbonyl (C=O) groups excluding carboxylic acids is 1. The topological polar surface area (TPSA) is 47.6 Å². The first-order chi connectivity index (χ1) is 8.58. The molecule has 0 aromatic heterocycles. The van der Waals surface area contributed by atoms with Crippen molar-refractivity contribution in [3.8, 4) is 11.5 Å². The van der Waals surface area contributed by atoms with E-state index >= 15 is 0 Å². The number of nitrogens with one attached hydrogen (secondary N) is 1. The zero-order chi connectivity index (χ0) is 13.1. The van der Waals surface area contributed by atoms with Crippen molar-refractivity contribution in [1.82, 2.24) is 5.32 Å². The lowest BCUT2D eigenvalue weighted by Crippen LogP contribution is -2.48. The fourth-order valence-electron chi connectivity index (χ4n) is 1.63. The highest BCUT2D eigenvalue weighted by atomic mass is 16.6. The SMILES string of the molecule is CC(C)[C@@H](C)NC(=O)[C@H]1COc2ccccc2O1. The first kappa shape index (κ1) is 12.7. The molecule has 0 aliphatic carbocycles. The minimum atomic E-state index is -0.568. The van der Waals surface area contributed by atoms with Crippen molar-refractivity contribution in [2.24, 2.45) is 5.92 Å². The van der Waals surface area contributed by atoms with Gasteiger partial charge >= 0.3 is 0 Å². The first-order valence-electron chi connectivity index (χ1n) is 6.27. The van der Waals surface area contributed by atoms with E-state index in [4.69, 9.17) is 9.47 Å². The third-order valence-electron chi connectivity index (χ3n) is 3.17. The molecule has 0 saturated heterocycles. The fraction of sp³-hybridized carbons (Fsp3) is 0.500. The Bertz CT molecular complexity index is 431. The molecule has 0 unspecified atom stereocenters. The van der Waals surface area contributed by atoms with Gasteiger partial charge in [-0.25, -0.2) is 0 Å². The minimum Gasteiger partial charge on any atom is -0.485 e. The maximum Gasteiger partial charge on any atom is 0.264 e. The van der Waals surface area contributed by atoms with Gasteiger partial charge in [-0.2, -0.15) is 0 Å². The van der Waals surface area contributed by atoms with Crippen molar-refractivity contribution in [1.29, 1.82) is 0 Å². The standard InChI is InChI=1S/C14H19NO3/c1-9(2)10(3)15-14(16)13-8-17-11-6-4-5-7-12(11)18-13/h4-7,9-10,13H,8H2,1-3H3,(H,15,16)/t10-,13-/m1/s1. The zero-order valence-corrected chi connectivity index (χ0v) is 11.0. The monoisotopic (exact) mass is 249 g/mol. The molecule has 1 aliphatic rings. The third kappa shape index (κ3) is 2.75. The van der Waals surface area contributed by atoms with Crippen LogP contribution in [0.3, 0.4) is 0 Å². The van der Waals surface area contributed by atoms with Crippen molar-refractivity contribution < 1.29 is 14.3 Å². The van der Waals surface area contributed by atoms with Crippen molar-refractivity contribution in [3.63, 3.8) is 0 Å². The smallest absolute Gasteiger partial charge is 0.264 e. The number of hydrogen-bond acceptors (Lipinski definition) is 3. The molecular weight excluding hydrogens is 230 g/mol. The summed E-state index contributed by atoms with van der Waals surface area (Å²) in [5, 5.41) is 2.94. The number of para-hydroxylation sites is 2. The number of benzene rings is 1. The van der Waals surface area contributed by atoms with Crippen molar-refractivity contribution in [3.05, 3.63) is 24.3 Å². The Morgan fingerprint density at radius 1 is 1.28 bits per heavy atom. The molecule has 98 valence electrons. The average molecular weight is 249 g/mol. The van der Waals surface area contributed by atoms with Gasteiger partial charge in [0.2, 0.25) is 6.10 Å². The molecule has 0 saturated carbocycles. The molecule has 0 bridgehead atoms. The first-order valence-corrected chi connectivity index (χ1v) is 6.27. The summed E-state index contributed by atoms with van der Waals surface area (Å²) in [6.07, 6.45) is -0.568. The summed E-state index contributed by atoms with van der Waals surface area (Å²) < 4.78 is 11.2. The Hall–Kier alpha value is -1.71. The average Bonchev–Trinajstić information content (AvgIpc) is 2.37. The van der Waals surface area contributed by atoms with Crippen LogP contribution in [0.25, 0.3) is 0 Å². The number of hydrogen-bond donors (Lipinski definition) is 1. The van der Waals surface area contributed by atoms with Gasteiger partial charge in [0.15, 0.2) is 11.5 Å². The Morgan fingerprint density at radius 3 is 2.61 bits per heavy atom. The quantitative estimate of drug-likeness (QED) is 0.891. The van der Waals surface area contributed by atoms with E-state index in [0.29, 0.717) is 17.4 Å². The highest BCUT2D eigenvalue weighted by molar-refractivity contribution is 5.82. The van der Waals surface area contributed by atoms with Crippen molar-refractivity contribution in [2.75, 3.05) is 6.61 Å². The molecule has 1 aromatic carbocycles. The lowest BCUT2D eigenvalue weighted by molar-refractivity contribution is -0.131. The molecular formula is C14H19NO3. The summed E-state index contributed by atoms with van der Waals surface area (Å²) >= 11 is 0. The predicted octanol–water partition coefficient (Wildman–Crippen LogP) is 1.99.